The second-order valence-corrected chi connectivity index (χ2v) is 15.0. The van der Waals surface area contributed by atoms with Crippen molar-refractivity contribution in [2.24, 2.45) is 17.3 Å². The zero-order valence-electron chi connectivity index (χ0n) is 33.9. The molecule has 3 heterocycles. The van der Waals surface area contributed by atoms with Crippen LogP contribution in [0.2, 0.25) is 0 Å². The van der Waals surface area contributed by atoms with E-state index in [-0.39, 0.29) is 24.1 Å². The van der Waals surface area contributed by atoms with Gasteiger partial charge in [0.15, 0.2) is 5.78 Å². The number of carbonyl (C=O) groups is 2. The fraction of sp³-hybridized carbons (Fsp3) is 0.512. The minimum absolute atomic E-state index is 0.0817. The van der Waals surface area contributed by atoms with Crippen LogP contribution in [0.1, 0.15) is 65.2 Å². The second-order valence-electron chi connectivity index (χ2n) is 15.0. The van der Waals surface area contributed by atoms with Crippen molar-refractivity contribution in [1.82, 2.24) is 10.3 Å². The van der Waals surface area contributed by atoms with E-state index >= 15 is 0 Å². The van der Waals surface area contributed by atoms with Crippen LogP contribution in [0.5, 0.6) is 5.75 Å². The highest BCUT2D eigenvalue weighted by molar-refractivity contribution is 6.09. The number of H-pyrrole nitrogens is 1. The van der Waals surface area contributed by atoms with E-state index in [1.807, 2.05) is 26.8 Å². The molecule has 1 amide bonds. The number of aliphatic hydroxyl groups is 5. The van der Waals surface area contributed by atoms with Crippen LogP contribution in [0.3, 0.4) is 0 Å². The number of aliphatic hydroxyl groups excluding tert-OH is 4. The van der Waals surface area contributed by atoms with Crippen molar-refractivity contribution in [3.05, 3.63) is 112 Å². The van der Waals surface area contributed by atoms with Crippen molar-refractivity contribution in [3.8, 4) is 5.75 Å². The van der Waals surface area contributed by atoms with Gasteiger partial charge in [-0.15, -0.1) is 0 Å². The minimum atomic E-state index is -2.34. The average Bonchev–Trinajstić information content (AvgIpc) is 3.45. The summed E-state index contributed by atoms with van der Waals surface area (Å²) in [6, 6.07) is 1.22. The largest absolute Gasteiger partial charge is 0.507 e. The molecule has 0 radical (unpaired) electrons. The third-order valence-corrected chi connectivity index (χ3v) is 10.7. The number of ketones is 1. The summed E-state index contributed by atoms with van der Waals surface area (Å²) in [6.45, 7) is 12.2. The molecular formula is C43H60N2O12. The molecule has 0 bridgehead atoms. The molecule has 57 heavy (non-hydrogen) atoms. The van der Waals surface area contributed by atoms with Crippen molar-refractivity contribution in [3.63, 3.8) is 0 Å². The number of methoxy groups -OCH3 is 1. The Kier molecular flexibility index (Phi) is 17.3. The normalized spacial score (nSPS) is 30.2. The maximum Gasteiger partial charge on any atom is 0.262 e. The van der Waals surface area contributed by atoms with Gasteiger partial charge in [-0.05, 0) is 44.4 Å². The fourth-order valence-electron chi connectivity index (χ4n) is 7.12. The van der Waals surface area contributed by atoms with Crippen LogP contribution < -0.4 is 10.9 Å². The summed E-state index contributed by atoms with van der Waals surface area (Å²) < 4.78 is 17.8. The lowest BCUT2D eigenvalue weighted by atomic mass is 9.71. The molecule has 2 aliphatic rings. The summed E-state index contributed by atoms with van der Waals surface area (Å²) in [4.78, 5) is 40.2. The molecule has 0 spiro atoms. The first-order valence-electron chi connectivity index (χ1n) is 19.1. The van der Waals surface area contributed by atoms with Crippen LogP contribution in [0.25, 0.3) is 0 Å². The molecule has 8 N–H and O–H groups in total. The van der Waals surface area contributed by atoms with Crippen LogP contribution in [-0.2, 0) is 19.0 Å². The van der Waals surface area contributed by atoms with Crippen molar-refractivity contribution in [2.75, 3.05) is 13.7 Å². The lowest BCUT2D eigenvalue weighted by Crippen LogP contribution is -2.69. The van der Waals surface area contributed by atoms with Gasteiger partial charge in [-0.25, -0.2) is 0 Å². The highest BCUT2D eigenvalue weighted by Crippen LogP contribution is 2.44. The summed E-state index contributed by atoms with van der Waals surface area (Å²) >= 11 is 0. The number of Topliss-reactive ketones (excluding diaryl/α,β-unsaturated/α-hetero) is 1. The number of aromatic amines is 1. The van der Waals surface area contributed by atoms with Crippen molar-refractivity contribution in [2.45, 2.75) is 110 Å². The Hall–Kier alpha value is -4.25. The van der Waals surface area contributed by atoms with Crippen molar-refractivity contribution >= 4 is 11.7 Å². The number of ether oxygens (including phenoxy) is 3. The van der Waals surface area contributed by atoms with Gasteiger partial charge in [0, 0.05) is 31.2 Å². The number of carbonyl (C=O) groups excluding carboxylic acids is 2. The number of amides is 1. The van der Waals surface area contributed by atoms with Gasteiger partial charge in [-0.2, -0.15) is 0 Å². The molecule has 0 saturated carbocycles. The quantitative estimate of drug-likeness (QED) is 0.0647. The number of aromatic hydroxyl groups is 1. The molecule has 0 aromatic carbocycles. The highest BCUT2D eigenvalue weighted by atomic mass is 16.7. The molecule has 314 valence electrons. The van der Waals surface area contributed by atoms with E-state index in [0.29, 0.717) is 0 Å². The first-order valence-corrected chi connectivity index (χ1v) is 19.1. The van der Waals surface area contributed by atoms with Crippen molar-refractivity contribution in [1.29, 1.82) is 0 Å². The first kappa shape index (κ1) is 47.1. The van der Waals surface area contributed by atoms with Gasteiger partial charge >= 0.3 is 0 Å². The predicted octanol–water partition coefficient (Wildman–Crippen LogP) is 3.07. The average molecular weight is 797 g/mol. The number of allylic oxidation sites excluding steroid dienone is 10. The van der Waals surface area contributed by atoms with Gasteiger partial charge < -0.3 is 55.2 Å². The monoisotopic (exact) mass is 796 g/mol. The molecule has 2 saturated heterocycles. The molecule has 3 rings (SSSR count). The standard InChI is InChI=1S/C43H60N2O12/c1-9-11-13-21-31-42(6,7)38(50)39(51)43(54,57-31)28(10-2)40(52)44-23-17-16-19-26(4)36(55-8)27(5)37-35(49)34(48)30(56-37)20-15-12-14-18-25(3)33(47)32-29(46)22-24-45-41(32)53/h9,11-22,24,27-28,30-31,34-39,48-51,54H,10,23H2,1-8H3,(H,44,52)(H2,45,46,53)/b11-9+,14-12+,17-16+,20-15+,21-13+,25-18+,26-19+/t27-,28-,30-,31+,34+,35+,36-,37-,38+,39-,43-/m1/s1. The van der Waals surface area contributed by atoms with Crippen LogP contribution in [0.15, 0.2) is 101 Å². The van der Waals surface area contributed by atoms with E-state index in [4.69, 9.17) is 14.2 Å². The Morgan fingerprint density at radius 1 is 1.00 bits per heavy atom. The predicted molar refractivity (Wildman–Crippen MR) is 215 cm³/mol. The summed E-state index contributed by atoms with van der Waals surface area (Å²) in [5, 5.41) is 67.8. The molecule has 2 aliphatic heterocycles. The van der Waals surface area contributed by atoms with Gasteiger partial charge in [0.05, 0.1) is 30.3 Å². The molecule has 14 heteroatoms. The number of nitrogens with one attached hydrogen (secondary N) is 2. The topological polar surface area (TPSA) is 228 Å². The number of pyridine rings is 1. The Morgan fingerprint density at radius 3 is 2.32 bits per heavy atom. The highest BCUT2D eigenvalue weighted by Gasteiger charge is 2.60. The molecule has 1 aromatic rings. The van der Waals surface area contributed by atoms with Crippen LogP contribution in [-0.4, -0.2) is 116 Å². The third-order valence-electron chi connectivity index (χ3n) is 10.7. The summed E-state index contributed by atoms with van der Waals surface area (Å²) in [7, 11) is 1.52. The Bertz CT molecular complexity index is 1810. The molecule has 2 fully saturated rings. The van der Waals surface area contributed by atoms with Gasteiger partial charge in [-0.3, -0.25) is 14.4 Å². The molecule has 11 atom stereocenters. The number of hydrogen-bond acceptors (Lipinski definition) is 12. The zero-order valence-corrected chi connectivity index (χ0v) is 33.9. The molecular weight excluding hydrogens is 736 g/mol. The lowest BCUT2D eigenvalue weighted by Gasteiger charge is -2.53. The Morgan fingerprint density at radius 2 is 1.68 bits per heavy atom. The van der Waals surface area contributed by atoms with Gasteiger partial charge in [-0.1, -0.05) is 101 Å². The summed E-state index contributed by atoms with van der Waals surface area (Å²) in [6.07, 6.45) is 12.8. The van der Waals surface area contributed by atoms with Crippen LogP contribution >= 0.6 is 0 Å². The number of aromatic nitrogens is 1. The van der Waals surface area contributed by atoms with Gasteiger partial charge in [0.25, 0.3) is 5.56 Å². The van der Waals surface area contributed by atoms with E-state index in [1.165, 1.54) is 32.4 Å². The first-order chi connectivity index (χ1) is 26.9. The maximum atomic E-state index is 13.3. The molecule has 14 nitrogen and oxygen atoms in total. The third kappa shape index (κ3) is 11.0. The Labute approximate surface area is 334 Å². The maximum absolute atomic E-state index is 13.3. The van der Waals surface area contributed by atoms with E-state index in [1.54, 1.807) is 81.5 Å². The molecule has 0 aliphatic carbocycles. The van der Waals surface area contributed by atoms with Gasteiger partial charge in [0.1, 0.15) is 35.7 Å². The Balaban J connectivity index is 1.60. The molecule has 0 unspecified atom stereocenters. The smallest absolute Gasteiger partial charge is 0.262 e. The SMILES string of the molecule is C/C=C/C=C/[C@@H]1O[C@](O)([C@H](CC)C(=O)NC/C=C/C=C(\C)[C@@H](OC)[C@@H](C)[C@H]2O[C@H](/C=C/C=C/C=C(\C)C(=O)c3c(O)cc[nH]c3=O)[C@H](O)[C@@H]2O)[C@H](O)[C@H](O)C1(C)C. The lowest BCUT2D eigenvalue weighted by molar-refractivity contribution is -0.359. The minimum Gasteiger partial charge on any atom is -0.507 e. The fourth-order valence-corrected chi connectivity index (χ4v) is 7.12. The van der Waals surface area contributed by atoms with Crippen molar-refractivity contribution < 1.29 is 54.4 Å². The van der Waals surface area contributed by atoms with E-state index in [2.05, 4.69) is 10.3 Å². The van der Waals surface area contributed by atoms with Crippen LogP contribution in [0.4, 0.5) is 0 Å². The van der Waals surface area contributed by atoms with E-state index in [9.17, 15) is 45.0 Å². The van der Waals surface area contributed by atoms with Gasteiger partial charge in [0.2, 0.25) is 11.7 Å². The molecule has 1 aromatic heterocycles. The summed E-state index contributed by atoms with van der Waals surface area (Å²) in [5.74, 6) is -5.55. The second kappa shape index (κ2) is 21.0. The van der Waals surface area contributed by atoms with Crippen LogP contribution in [0, 0.1) is 17.3 Å². The number of rotatable bonds is 17. The van der Waals surface area contributed by atoms with E-state index < -0.39 is 94.9 Å². The summed E-state index contributed by atoms with van der Waals surface area (Å²) in [5.41, 5.74) is -1.02. The van der Waals surface area contributed by atoms with E-state index in [0.717, 1.165) is 5.57 Å². The number of hydrogen-bond donors (Lipinski definition) is 8. The zero-order chi connectivity index (χ0) is 42.7.